The van der Waals surface area contributed by atoms with Crippen molar-refractivity contribution in [2.45, 2.75) is 19.6 Å². The van der Waals surface area contributed by atoms with Crippen molar-refractivity contribution in [3.63, 3.8) is 0 Å². The van der Waals surface area contributed by atoms with Gasteiger partial charge in [0.1, 0.15) is 11.2 Å². The highest BCUT2D eigenvalue weighted by Crippen LogP contribution is 2.30. The largest absolute Gasteiger partial charge is 0.416 e. The Hall–Kier alpha value is -5.13. The van der Waals surface area contributed by atoms with Crippen LogP contribution in [-0.2, 0) is 19.8 Å². The number of fused-ring (bicyclic) bond motifs is 1. The summed E-state index contributed by atoms with van der Waals surface area (Å²) >= 11 is 0. The van der Waals surface area contributed by atoms with Gasteiger partial charge in [0, 0.05) is 42.8 Å². The van der Waals surface area contributed by atoms with E-state index in [2.05, 4.69) is 30.6 Å². The lowest BCUT2D eigenvalue weighted by Gasteiger charge is -2.13. The van der Waals surface area contributed by atoms with Gasteiger partial charge in [-0.2, -0.15) is 18.2 Å². The normalized spacial score (nSPS) is 11.4. The number of benzene rings is 2. The fraction of sp³-hybridized carbons (Fsp3) is 0.143. The van der Waals surface area contributed by atoms with Gasteiger partial charge in [0.15, 0.2) is 5.65 Å². The Morgan fingerprint density at radius 2 is 1.80 bits per heavy atom. The van der Waals surface area contributed by atoms with Gasteiger partial charge in [0.2, 0.25) is 5.95 Å². The Morgan fingerprint density at radius 3 is 2.55 bits per heavy atom. The highest BCUT2D eigenvalue weighted by Gasteiger charge is 2.31. The third-order valence-corrected chi connectivity index (χ3v) is 6.21. The SMILES string of the molecule is Cc1ccc(NC(=O)c2cccc(C(F)(F)F)c2)cc1-c1nc2cnc(NCc3ccncc3)nc2n(C)c1=O. The number of hydrogen-bond donors (Lipinski definition) is 2. The first-order valence-corrected chi connectivity index (χ1v) is 12.1. The molecule has 9 nitrogen and oxygen atoms in total. The second-order valence-corrected chi connectivity index (χ2v) is 9.00. The quantitative estimate of drug-likeness (QED) is 0.309. The summed E-state index contributed by atoms with van der Waals surface area (Å²) in [5.41, 5.74) is 1.75. The van der Waals surface area contributed by atoms with Crippen LogP contribution >= 0.6 is 0 Å². The fourth-order valence-electron chi connectivity index (χ4n) is 4.05. The Morgan fingerprint density at radius 1 is 1.02 bits per heavy atom. The molecule has 5 rings (SSSR count). The van der Waals surface area contributed by atoms with Crippen LogP contribution < -0.4 is 16.2 Å². The highest BCUT2D eigenvalue weighted by molar-refractivity contribution is 6.04. The van der Waals surface area contributed by atoms with Crippen molar-refractivity contribution in [3.05, 3.63) is 106 Å². The standard InChI is InChI=1S/C28H22F3N7O2/c1-16-6-7-20(35-25(39)18-4-3-5-19(12-18)28(29,30)31)13-21(16)23-26(40)38(2)24-22(36-23)15-34-27(37-24)33-14-17-8-10-32-11-9-17/h3-13,15H,14H2,1-2H3,(H,35,39)(H,33,34,37). The lowest BCUT2D eigenvalue weighted by atomic mass is 10.0. The molecule has 40 heavy (non-hydrogen) atoms. The highest BCUT2D eigenvalue weighted by atomic mass is 19.4. The van der Waals surface area contributed by atoms with Gasteiger partial charge in [-0.15, -0.1) is 0 Å². The summed E-state index contributed by atoms with van der Waals surface area (Å²) in [4.78, 5) is 43.3. The van der Waals surface area contributed by atoms with Crippen molar-refractivity contribution in [2.75, 3.05) is 10.6 Å². The molecule has 0 aliphatic carbocycles. The number of hydrogen-bond acceptors (Lipinski definition) is 7. The van der Waals surface area contributed by atoms with Gasteiger partial charge in [-0.05, 0) is 60.5 Å². The average Bonchev–Trinajstić information content (AvgIpc) is 2.95. The number of anilines is 2. The predicted molar refractivity (Wildman–Crippen MR) is 144 cm³/mol. The van der Waals surface area contributed by atoms with E-state index in [1.807, 2.05) is 12.1 Å². The Bertz CT molecular complexity index is 1790. The topological polar surface area (TPSA) is 115 Å². The summed E-state index contributed by atoms with van der Waals surface area (Å²) in [5, 5.41) is 5.71. The molecule has 5 aromatic rings. The molecule has 12 heteroatoms. The second-order valence-electron chi connectivity index (χ2n) is 9.00. The van der Waals surface area contributed by atoms with E-state index in [1.165, 1.54) is 22.9 Å². The first-order chi connectivity index (χ1) is 19.1. The van der Waals surface area contributed by atoms with Gasteiger partial charge in [-0.25, -0.2) is 9.97 Å². The van der Waals surface area contributed by atoms with Crippen LogP contribution in [0.2, 0.25) is 0 Å². The maximum absolute atomic E-state index is 13.3. The van der Waals surface area contributed by atoms with Crippen molar-refractivity contribution >= 4 is 28.7 Å². The molecule has 0 atom stereocenters. The van der Waals surface area contributed by atoms with E-state index in [4.69, 9.17) is 0 Å². The van der Waals surface area contributed by atoms with E-state index in [0.29, 0.717) is 40.5 Å². The molecule has 0 aliphatic heterocycles. The average molecular weight is 546 g/mol. The summed E-state index contributed by atoms with van der Waals surface area (Å²) in [6.07, 6.45) is 0.298. The Kier molecular flexibility index (Phi) is 6.99. The second kappa shape index (κ2) is 10.6. The molecule has 0 aliphatic rings. The van der Waals surface area contributed by atoms with Crippen LogP contribution in [0.4, 0.5) is 24.8 Å². The van der Waals surface area contributed by atoms with Gasteiger partial charge in [-0.3, -0.25) is 19.1 Å². The van der Waals surface area contributed by atoms with Gasteiger partial charge in [-0.1, -0.05) is 12.1 Å². The summed E-state index contributed by atoms with van der Waals surface area (Å²) < 4.78 is 40.6. The predicted octanol–water partition coefficient (Wildman–Crippen LogP) is 4.98. The number of aromatic nitrogens is 5. The number of nitrogens with one attached hydrogen (secondary N) is 2. The summed E-state index contributed by atoms with van der Waals surface area (Å²) in [6, 6.07) is 12.7. The molecule has 0 unspecified atom stereocenters. The van der Waals surface area contributed by atoms with Crippen LogP contribution in [0.25, 0.3) is 22.4 Å². The van der Waals surface area contributed by atoms with Gasteiger partial charge in [0.05, 0.1) is 11.8 Å². The van der Waals surface area contributed by atoms with Crippen LogP contribution in [0.3, 0.4) is 0 Å². The molecule has 3 heterocycles. The molecule has 3 aromatic heterocycles. The number of carbonyl (C=O) groups is 1. The molecule has 2 N–H and O–H groups in total. The molecular weight excluding hydrogens is 523 g/mol. The minimum absolute atomic E-state index is 0.115. The molecule has 0 saturated carbocycles. The minimum Gasteiger partial charge on any atom is -0.350 e. The van der Waals surface area contributed by atoms with E-state index < -0.39 is 23.2 Å². The Labute approximate surface area is 225 Å². The molecule has 0 spiro atoms. The molecule has 0 saturated heterocycles. The number of pyridine rings is 1. The van der Waals surface area contributed by atoms with E-state index in [1.54, 1.807) is 44.6 Å². The third-order valence-electron chi connectivity index (χ3n) is 6.21. The number of alkyl halides is 3. The summed E-state index contributed by atoms with van der Waals surface area (Å²) in [5.74, 6) is -0.398. The Balaban J connectivity index is 1.44. The van der Waals surface area contributed by atoms with Crippen LogP contribution in [0.1, 0.15) is 27.0 Å². The molecular formula is C28H22F3N7O2. The zero-order valence-electron chi connectivity index (χ0n) is 21.3. The summed E-state index contributed by atoms with van der Waals surface area (Å²) in [7, 11) is 1.57. The third kappa shape index (κ3) is 5.51. The molecule has 2 aromatic carbocycles. The fourth-order valence-corrected chi connectivity index (χ4v) is 4.05. The first kappa shape index (κ1) is 26.5. The number of nitrogens with zero attached hydrogens (tertiary/aromatic N) is 5. The van der Waals surface area contributed by atoms with Crippen molar-refractivity contribution < 1.29 is 18.0 Å². The molecule has 0 bridgehead atoms. The summed E-state index contributed by atoms with van der Waals surface area (Å²) in [6.45, 7) is 2.24. The van der Waals surface area contributed by atoms with Crippen LogP contribution in [-0.4, -0.2) is 30.4 Å². The molecule has 1 amide bonds. The molecule has 0 fully saturated rings. The lowest BCUT2D eigenvalue weighted by molar-refractivity contribution is -0.137. The maximum atomic E-state index is 13.3. The molecule has 202 valence electrons. The lowest BCUT2D eigenvalue weighted by Crippen LogP contribution is -2.22. The van der Waals surface area contributed by atoms with Crippen molar-refractivity contribution in [3.8, 4) is 11.3 Å². The number of aryl methyl sites for hydroxylation is 2. The van der Waals surface area contributed by atoms with Gasteiger partial charge in [0.25, 0.3) is 11.5 Å². The van der Waals surface area contributed by atoms with E-state index in [-0.39, 0.29) is 11.3 Å². The van der Waals surface area contributed by atoms with Crippen molar-refractivity contribution in [1.82, 2.24) is 24.5 Å². The minimum atomic E-state index is -4.57. The van der Waals surface area contributed by atoms with Crippen LogP contribution in [0, 0.1) is 6.92 Å². The van der Waals surface area contributed by atoms with Gasteiger partial charge >= 0.3 is 6.18 Å². The first-order valence-electron chi connectivity index (χ1n) is 12.1. The number of carbonyl (C=O) groups excluding carboxylic acids is 1. The number of halogens is 3. The van der Waals surface area contributed by atoms with Crippen LogP contribution in [0.5, 0.6) is 0 Å². The number of rotatable bonds is 6. The molecule has 0 radical (unpaired) electrons. The smallest absolute Gasteiger partial charge is 0.350 e. The maximum Gasteiger partial charge on any atom is 0.416 e. The van der Waals surface area contributed by atoms with Crippen molar-refractivity contribution in [2.24, 2.45) is 7.05 Å². The zero-order valence-corrected chi connectivity index (χ0v) is 21.3. The zero-order chi connectivity index (χ0) is 28.4. The van der Waals surface area contributed by atoms with E-state index >= 15 is 0 Å². The van der Waals surface area contributed by atoms with Crippen molar-refractivity contribution in [1.29, 1.82) is 0 Å². The van der Waals surface area contributed by atoms with Crippen LogP contribution in [0.15, 0.2) is 78.0 Å². The van der Waals surface area contributed by atoms with E-state index in [0.717, 1.165) is 17.7 Å². The van der Waals surface area contributed by atoms with Gasteiger partial charge < -0.3 is 10.6 Å². The van der Waals surface area contributed by atoms with E-state index in [9.17, 15) is 22.8 Å². The number of amides is 1. The monoisotopic (exact) mass is 545 g/mol.